The lowest BCUT2D eigenvalue weighted by molar-refractivity contribution is 0.0956. The number of nitrogens with zero attached hydrogens (tertiary/aromatic N) is 3. The van der Waals surface area contributed by atoms with Gasteiger partial charge in [0.1, 0.15) is 12.1 Å². The van der Waals surface area contributed by atoms with E-state index in [-0.39, 0.29) is 18.3 Å². The van der Waals surface area contributed by atoms with Crippen molar-refractivity contribution in [2.75, 3.05) is 6.54 Å². The molecule has 7 nitrogen and oxygen atoms in total. The minimum Gasteiger partial charge on any atom is -0.439 e. The molecule has 3 N–H and O–H groups in total. The van der Waals surface area contributed by atoms with Crippen LogP contribution in [-0.4, -0.2) is 27.4 Å². The van der Waals surface area contributed by atoms with Gasteiger partial charge in [-0.2, -0.15) is 0 Å². The average molecular weight is 410 g/mol. The normalized spacial score (nSPS) is 11.8. The predicted molar refractivity (Wildman–Crippen MR) is 112 cm³/mol. The summed E-state index contributed by atoms with van der Waals surface area (Å²) >= 11 is 0. The molecule has 0 aliphatic heterocycles. The first kappa shape index (κ1) is 20.4. The first-order valence-electron chi connectivity index (χ1n) is 8.92. The highest BCUT2D eigenvalue weighted by Gasteiger charge is 2.14. The van der Waals surface area contributed by atoms with Gasteiger partial charge in [0.15, 0.2) is 0 Å². The molecule has 0 atom stereocenters. The highest BCUT2D eigenvalue weighted by Crippen LogP contribution is 2.23. The molecule has 29 heavy (non-hydrogen) atoms. The number of amides is 1. The first-order chi connectivity index (χ1) is 13.7. The Morgan fingerprint density at radius 1 is 1.14 bits per heavy atom. The van der Waals surface area contributed by atoms with Crippen molar-refractivity contribution in [3.05, 3.63) is 83.1 Å². The Hall–Kier alpha value is -3.29. The van der Waals surface area contributed by atoms with Gasteiger partial charge in [0.2, 0.25) is 5.88 Å². The molecule has 0 radical (unpaired) electrons. The lowest BCUT2D eigenvalue weighted by Gasteiger charge is -2.09. The Labute approximate surface area is 174 Å². The van der Waals surface area contributed by atoms with Crippen LogP contribution in [0.25, 0.3) is 6.08 Å². The van der Waals surface area contributed by atoms with Crippen molar-refractivity contribution < 1.29 is 9.53 Å². The standard InChI is InChI=1S/C21H19N5O2.ClH/c22-11-17-10-20(26-13-25-17)28-18-5-1-3-16(9-18)21(27)24-12-14-7-15-4-2-6-23-19(15)8-14;/h1-7,9-10,13H,8,11-12,22H2,(H,24,27);1H. The summed E-state index contributed by atoms with van der Waals surface area (Å²) in [6.45, 7) is 0.780. The molecule has 0 spiro atoms. The predicted octanol–water partition coefficient (Wildman–Crippen LogP) is 2.91. The van der Waals surface area contributed by atoms with Gasteiger partial charge in [-0.25, -0.2) is 9.97 Å². The minimum atomic E-state index is -0.166. The second-order valence-corrected chi connectivity index (χ2v) is 6.38. The Morgan fingerprint density at radius 3 is 2.86 bits per heavy atom. The number of fused-ring (bicyclic) bond motifs is 1. The van der Waals surface area contributed by atoms with Crippen molar-refractivity contribution >= 4 is 24.4 Å². The van der Waals surface area contributed by atoms with E-state index in [0.29, 0.717) is 36.0 Å². The summed E-state index contributed by atoms with van der Waals surface area (Å²) in [4.78, 5) is 25.0. The lowest BCUT2D eigenvalue weighted by atomic mass is 10.2. The van der Waals surface area contributed by atoms with Crippen LogP contribution in [0.5, 0.6) is 11.6 Å². The van der Waals surface area contributed by atoms with Gasteiger partial charge >= 0.3 is 0 Å². The molecule has 0 saturated carbocycles. The van der Waals surface area contributed by atoms with Gasteiger partial charge in [-0.05, 0) is 35.4 Å². The lowest BCUT2D eigenvalue weighted by Crippen LogP contribution is -2.25. The Morgan fingerprint density at radius 2 is 2.03 bits per heavy atom. The molecule has 1 aliphatic carbocycles. The van der Waals surface area contributed by atoms with E-state index in [1.54, 1.807) is 36.5 Å². The van der Waals surface area contributed by atoms with E-state index in [1.165, 1.54) is 6.33 Å². The van der Waals surface area contributed by atoms with Gasteiger partial charge in [0.05, 0.1) is 11.4 Å². The second-order valence-electron chi connectivity index (χ2n) is 6.38. The van der Waals surface area contributed by atoms with E-state index in [1.807, 2.05) is 12.1 Å². The van der Waals surface area contributed by atoms with Crippen molar-refractivity contribution in [1.82, 2.24) is 20.3 Å². The van der Waals surface area contributed by atoms with Crippen molar-refractivity contribution in [3.63, 3.8) is 0 Å². The number of ether oxygens (including phenoxy) is 1. The van der Waals surface area contributed by atoms with Gasteiger partial charge < -0.3 is 15.8 Å². The van der Waals surface area contributed by atoms with E-state index >= 15 is 0 Å². The number of rotatable bonds is 6. The summed E-state index contributed by atoms with van der Waals surface area (Å²) < 4.78 is 5.73. The summed E-state index contributed by atoms with van der Waals surface area (Å²) in [5.74, 6) is 0.737. The fourth-order valence-electron chi connectivity index (χ4n) is 2.99. The van der Waals surface area contributed by atoms with E-state index in [4.69, 9.17) is 10.5 Å². The van der Waals surface area contributed by atoms with Crippen molar-refractivity contribution in [1.29, 1.82) is 0 Å². The number of nitrogens with two attached hydrogens (primary N) is 1. The second kappa shape index (κ2) is 9.27. The molecule has 1 aliphatic rings. The van der Waals surface area contributed by atoms with E-state index in [2.05, 4.69) is 26.3 Å². The maximum Gasteiger partial charge on any atom is 0.251 e. The van der Waals surface area contributed by atoms with Crippen LogP contribution in [0.2, 0.25) is 0 Å². The third-order valence-corrected chi connectivity index (χ3v) is 4.38. The summed E-state index contributed by atoms with van der Waals surface area (Å²) in [5.41, 5.74) is 10.1. The molecular formula is C21H20ClN5O2. The summed E-state index contributed by atoms with van der Waals surface area (Å²) in [6, 6.07) is 12.6. The first-order valence-corrected chi connectivity index (χ1v) is 8.92. The van der Waals surface area contributed by atoms with Crippen molar-refractivity contribution in [2.45, 2.75) is 13.0 Å². The van der Waals surface area contributed by atoms with Gasteiger partial charge in [-0.1, -0.05) is 18.2 Å². The number of halogens is 1. The quantitative estimate of drug-likeness (QED) is 0.648. The molecule has 2 heterocycles. The van der Waals surface area contributed by atoms with Gasteiger partial charge in [0, 0.05) is 37.3 Å². The van der Waals surface area contributed by atoms with E-state index in [0.717, 1.165) is 23.3 Å². The number of benzene rings is 1. The molecule has 3 aromatic rings. The number of carbonyl (C=O) groups is 1. The molecule has 1 aromatic carbocycles. The van der Waals surface area contributed by atoms with Crippen LogP contribution in [0.4, 0.5) is 0 Å². The number of pyridine rings is 1. The monoisotopic (exact) mass is 409 g/mol. The third-order valence-electron chi connectivity index (χ3n) is 4.38. The maximum atomic E-state index is 12.5. The molecule has 0 saturated heterocycles. The molecule has 0 unspecified atom stereocenters. The number of carbonyl (C=O) groups excluding carboxylic acids is 1. The van der Waals surface area contributed by atoms with E-state index in [9.17, 15) is 4.79 Å². The highest BCUT2D eigenvalue weighted by atomic mass is 35.5. The molecule has 148 valence electrons. The summed E-state index contributed by atoms with van der Waals surface area (Å²) in [7, 11) is 0. The smallest absolute Gasteiger partial charge is 0.251 e. The Kier molecular flexibility index (Phi) is 6.54. The molecule has 0 fully saturated rings. The van der Waals surface area contributed by atoms with Crippen LogP contribution in [0.3, 0.4) is 0 Å². The van der Waals surface area contributed by atoms with Gasteiger partial charge in [-0.15, -0.1) is 12.4 Å². The number of hydrogen-bond donors (Lipinski definition) is 2. The maximum absolute atomic E-state index is 12.5. The van der Waals surface area contributed by atoms with Crippen LogP contribution in [0.15, 0.2) is 60.6 Å². The highest BCUT2D eigenvalue weighted by molar-refractivity contribution is 5.94. The van der Waals surface area contributed by atoms with Gasteiger partial charge in [0.25, 0.3) is 5.91 Å². The summed E-state index contributed by atoms with van der Waals surface area (Å²) in [5, 5.41) is 2.95. The van der Waals surface area contributed by atoms with Crippen LogP contribution in [-0.2, 0) is 13.0 Å². The van der Waals surface area contributed by atoms with Crippen LogP contribution in [0.1, 0.15) is 27.3 Å². The number of aromatic nitrogens is 3. The Balaban J connectivity index is 0.00000240. The van der Waals surface area contributed by atoms with Crippen molar-refractivity contribution in [3.8, 4) is 11.6 Å². The average Bonchev–Trinajstić information content (AvgIpc) is 3.15. The third kappa shape index (κ3) is 4.96. The summed E-state index contributed by atoms with van der Waals surface area (Å²) in [6.07, 6.45) is 6.02. The fraction of sp³-hybridized carbons (Fsp3) is 0.143. The molecule has 0 bridgehead atoms. The van der Waals surface area contributed by atoms with Gasteiger partial charge in [-0.3, -0.25) is 9.78 Å². The molecule has 1 amide bonds. The fourth-order valence-corrected chi connectivity index (χ4v) is 2.99. The Bertz CT molecular complexity index is 1050. The zero-order valence-electron chi connectivity index (χ0n) is 15.5. The largest absolute Gasteiger partial charge is 0.439 e. The molecule has 2 aromatic heterocycles. The minimum absolute atomic E-state index is 0. The topological polar surface area (TPSA) is 103 Å². The van der Waals surface area contributed by atoms with Crippen LogP contribution >= 0.6 is 12.4 Å². The molecular weight excluding hydrogens is 390 g/mol. The molecule has 4 rings (SSSR count). The molecule has 8 heteroatoms. The zero-order valence-corrected chi connectivity index (χ0v) is 16.4. The SMILES string of the molecule is Cl.NCc1cc(Oc2cccc(C(=O)NCC3=Cc4cccnc4C3)c2)ncn1. The number of nitrogens with one attached hydrogen (secondary N) is 1. The number of hydrogen-bond acceptors (Lipinski definition) is 6. The van der Waals surface area contributed by atoms with Crippen molar-refractivity contribution in [2.24, 2.45) is 5.73 Å². The zero-order chi connectivity index (χ0) is 19.3. The van der Waals surface area contributed by atoms with Crippen LogP contribution in [0, 0.1) is 0 Å². The van der Waals surface area contributed by atoms with E-state index < -0.39 is 0 Å². The van der Waals surface area contributed by atoms with Crippen LogP contribution < -0.4 is 15.8 Å².